The number of rotatable bonds is 6. The second-order valence-electron chi connectivity index (χ2n) is 6.09. The van der Waals surface area contributed by atoms with Gasteiger partial charge in [-0.2, -0.15) is 9.50 Å². The standard InChI is InChI=1S/C21H19N3O4S/c1-4-28-15-8-6-5-7-13(15)12-18-20(25)24-21(29-18)22-19(23-24)14-9-10-16(26-2)17(11-14)27-3/h5-12H,4H2,1-3H3/b18-12-. The van der Waals surface area contributed by atoms with Gasteiger partial charge in [-0.1, -0.05) is 29.5 Å². The summed E-state index contributed by atoms with van der Waals surface area (Å²) >= 11 is 1.29. The van der Waals surface area contributed by atoms with E-state index in [0.29, 0.717) is 33.4 Å². The molecule has 8 heteroatoms. The molecule has 2 aromatic carbocycles. The predicted octanol–water partition coefficient (Wildman–Crippen LogP) is 2.78. The summed E-state index contributed by atoms with van der Waals surface area (Å²) in [5.41, 5.74) is 1.37. The van der Waals surface area contributed by atoms with Crippen LogP contribution in [0, 0.1) is 0 Å². The Bertz CT molecular complexity index is 1280. The van der Waals surface area contributed by atoms with Crippen LogP contribution in [0.5, 0.6) is 17.2 Å². The monoisotopic (exact) mass is 409 g/mol. The number of fused-ring (bicyclic) bond motifs is 1. The molecular weight excluding hydrogens is 390 g/mol. The summed E-state index contributed by atoms with van der Waals surface area (Å²) in [6, 6.07) is 13.0. The summed E-state index contributed by atoms with van der Waals surface area (Å²) in [7, 11) is 3.15. The molecule has 0 fully saturated rings. The Labute approximate surface area is 170 Å². The van der Waals surface area contributed by atoms with Crippen molar-refractivity contribution in [2.45, 2.75) is 6.92 Å². The fraction of sp³-hybridized carbons (Fsp3) is 0.190. The molecule has 7 nitrogen and oxygen atoms in total. The van der Waals surface area contributed by atoms with Crippen molar-refractivity contribution in [2.75, 3.05) is 20.8 Å². The number of aromatic nitrogens is 3. The van der Waals surface area contributed by atoms with Crippen molar-refractivity contribution in [1.29, 1.82) is 0 Å². The first-order valence-electron chi connectivity index (χ1n) is 9.00. The lowest BCUT2D eigenvalue weighted by atomic mass is 10.2. The Hall–Kier alpha value is -3.39. The lowest BCUT2D eigenvalue weighted by Crippen LogP contribution is -2.23. The minimum absolute atomic E-state index is 0.212. The van der Waals surface area contributed by atoms with Crippen molar-refractivity contribution in [3.63, 3.8) is 0 Å². The first-order chi connectivity index (χ1) is 14.1. The predicted molar refractivity (Wildman–Crippen MR) is 112 cm³/mol. The van der Waals surface area contributed by atoms with Crippen molar-refractivity contribution < 1.29 is 14.2 Å². The van der Waals surface area contributed by atoms with Gasteiger partial charge in [0.1, 0.15) is 5.75 Å². The lowest BCUT2D eigenvalue weighted by Gasteiger charge is -2.07. The summed E-state index contributed by atoms with van der Waals surface area (Å²) in [4.78, 5) is 17.9. The lowest BCUT2D eigenvalue weighted by molar-refractivity contribution is 0.339. The third-order valence-corrected chi connectivity index (χ3v) is 5.29. The van der Waals surface area contributed by atoms with E-state index in [1.54, 1.807) is 26.4 Å². The number of methoxy groups -OCH3 is 2. The quantitative estimate of drug-likeness (QED) is 0.488. The highest BCUT2D eigenvalue weighted by Gasteiger charge is 2.14. The van der Waals surface area contributed by atoms with Gasteiger partial charge in [-0.3, -0.25) is 4.79 Å². The Morgan fingerprint density at radius 3 is 2.59 bits per heavy atom. The van der Waals surface area contributed by atoms with Crippen LogP contribution in [0.1, 0.15) is 12.5 Å². The molecule has 0 N–H and O–H groups in total. The van der Waals surface area contributed by atoms with Gasteiger partial charge in [0.25, 0.3) is 5.56 Å². The second-order valence-corrected chi connectivity index (χ2v) is 7.10. The maximum Gasteiger partial charge on any atom is 0.291 e. The first kappa shape index (κ1) is 18.9. The second kappa shape index (κ2) is 7.92. The molecule has 0 spiro atoms. The summed E-state index contributed by atoms with van der Waals surface area (Å²) in [5, 5.41) is 4.39. The average molecular weight is 409 g/mol. The smallest absolute Gasteiger partial charge is 0.291 e. The SMILES string of the molecule is CCOc1ccccc1/C=c1\sc2nc(-c3ccc(OC)c(OC)c3)nn2c1=O. The fourth-order valence-electron chi connectivity index (χ4n) is 2.96. The highest BCUT2D eigenvalue weighted by atomic mass is 32.1. The van der Waals surface area contributed by atoms with Gasteiger partial charge in [0, 0.05) is 11.1 Å². The van der Waals surface area contributed by atoms with Crippen LogP contribution in [0.2, 0.25) is 0 Å². The Morgan fingerprint density at radius 2 is 1.86 bits per heavy atom. The number of hydrogen-bond acceptors (Lipinski definition) is 7. The normalized spacial score (nSPS) is 11.8. The van der Waals surface area contributed by atoms with Crippen molar-refractivity contribution in [1.82, 2.24) is 14.6 Å². The van der Waals surface area contributed by atoms with Crippen molar-refractivity contribution in [3.8, 4) is 28.6 Å². The first-order valence-corrected chi connectivity index (χ1v) is 9.81. The van der Waals surface area contributed by atoms with E-state index in [1.807, 2.05) is 43.3 Å². The van der Waals surface area contributed by atoms with Crippen LogP contribution in [-0.2, 0) is 0 Å². The number of hydrogen-bond donors (Lipinski definition) is 0. The van der Waals surface area contributed by atoms with Crippen LogP contribution < -0.4 is 24.3 Å². The van der Waals surface area contributed by atoms with E-state index < -0.39 is 0 Å². The molecule has 0 unspecified atom stereocenters. The molecule has 0 aliphatic rings. The highest BCUT2D eigenvalue weighted by Crippen LogP contribution is 2.31. The van der Waals surface area contributed by atoms with E-state index in [1.165, 1.54) is 15.9 Å². The fourth-order valence-corrected chi connectivity index (χ4v) is 3.86. The number of para-hydroxylation sites is 1. The Kier molecular flexibility index (Phi) is 5.18. The van der Waals surface area contributed by atoms with Gasteiger partial charge in [-0.05, 0) is 37.3 Å². The Balaban J connectivity index is 1.77. The van der Waals surface area contributed by atoms with Crippen molar-refractivity contribution in [2.24, 2.45) is 0 Å². The number of benzene rings is 2. The van der Waals surface area contributed by atoms with Crippen LogP contribution in [-0.4, -0.2) is 35.4 Å². The molecule has 0 bridgehead atoms. The minimum Gasteiger partial charge on any atom is -0.493 e. The third-order valence-electron chi connectivity index (χ3n) is 4.33. The molecule has 0 amide bonds. The maximum absolute atomic E-state index is 12.8. The van der Waals surface area contributed by atoms with E-state index >= 15 is 0 Å². The topological polar surface area (TPSA) is 74.9 Å². The molecular formula is C21H19N3O4S. The van der Waals surface area contributed by atoms with Gasteiger partial charge in [0.05, 0.1) is 25.4 Å². The molecule has 2 heterocycles. The van der Waals surface area contributed by atoms with E-state index in [9.17, 15) is 4.79 Å². The molecule has 4 rings (SSSR count). The summed E-state index contributed by atoms with van der Waals surface area (Å²) in [5.74, 6) is 2.38. The number of nitrogens with zero attached hydrogens (tertiary/aromatic N) is 3. The van der Waals surface area contributed by atoms with Gasteiger partial charge in [-0.15, -0.1) is 5.10 Å². The third kappa shape index (κ3) is 3.54. The zero-order chi connectivity index (χ0) is 20.4. The van der Waals surface area contributed by atoms with Crippen LogP contribution in [0.3, 0.4) is 0 Å². The zero-order valence-corrected chi connectivity index (χ0v) is 17.0. The molecule has 0 aliphatic carbocycles. The molecule has 2 aromatic heterocycles. The number of thiazole rings is 1. The molecule has 148 valence electrons. The Morgan fingerprint density at radius 1 is 1.07 bits per heavy atom. The summed E-state index contributed by atoms with van der Waals surface area (Å²) in [6.45, 7) is 2.48. The van der Waals surface area contributed by atoms with Crippen LogP contribution in [0.25, 0.3) is 22.4 Å². The zero-order valence-electron chi connectivity index (χ0n) is 16.2. The maximum atomic E-state index is 12.8. The molecule has 0 saturated heterocycles. The average Bonchev–Trinajstić information content (AvgIpc) is 3.28. The van der Waals surface area contributed by atoms with E-state index in [4.69, 9.17) is 14.2 Å². The van der Waals surface area contributed by atoms with Crippen LogP contribution in [0.4, 0.5) is 0 Å². The molecule has 0 radical (unpaired) electrons. The van der Waals surface area contributed by atoms with Gasteiger partial charge in [0.15, 0.2) is 17.3 Å². The molecule has 0 atom stereocenters. The highest BCUT2D eigenvalue weighted by molar-refractivity contribution is 7.15. The largest absolute Gasteiger partial charge is 0.493 e. The van der Waals surface area contributed by atoms with Gasteiger partial charge in [0.2, 0.25) is 4.96 Å². The van der Waals surface area contributed by atoms with Crippen LogP contribution in [0.15, 0.2) is 47.3 Å². The summed E-state index contributed by atoms with van der Waals surface area (Å²) < 4.78 is 18.1. The van der Waals surface area contributed by atoms with Gasteiger partial charge >= 0.3 is 0 Å². The molecule has 0 saturated carbocycles. The van der Waals surface area contributed by atoms with Gasteiger partial charge in [-0.25, -0.2) is 0 Å². The number of ether oxygens (including phenoxy) is 3. The van der Waals surface area contributed by atoms with E-state index in [-0.39, 0.29) is 5.56 Å². The van der Waals surface area contributed by atoms with Gasteiger partial charge < -0.3 is 14.2 Å². The molecule has 29 heavy (non-hydrogen) atoms. The molecule has 0 aliphatic heterocycles. The minimum atomic E-state index is -0.212. The van der Waals surface area contributed by atoms with Crippen molar-refractivity contribution in [3.05, 3.63) is 62.9 Å². The molecule has 4 aromatic rings. The van der Waals surface area contributed by atoms with E-state index in [0.717, 1.165) is 16.9 Å². The van der Waals surface area contributed by atoms with Crippen LogP contribution >= 0.6 is 11.3 Å². The van der Waals surface area contributed by atoms with E-state index in [2.05, 4.69) is 10.1 Å². The van der Waals surface area contributed by atoms with Crippen molar-refractivity contribution >= 4 is 22.4 Å². The summed E-state index contributed by atoms with van der Waals surface area (Å²) in [6.07, 6.45) is 1.81.